The lowest BCUT2D eigenvalue weighted by molar-refractivity contribution is -0.202. The van der Waals surface area contributed by atoms with Crippen molar-refractivity contribution in [2.75, 3.05) is 6.61 Å². The first kappa shape index (κ1) is 25.1. The fourth-order valence-corrected chi connectivity index (χ4v) is 3.27. The summed E-state index contributed by atoms with van der Waals surface area (Å²) in [5.41, 5.74) is 2.38. The van der Waals surface area contributed by atoms with E-state index in [9.17, 15) is 4.79 Å². The molecule has 0 fully saturated rings. The molecule has 0 N–H and O–H groups in total. The molecule has 0 aromatic heterocycles. The molecule has 1 rings (SSSR count). The first-order valence-electron chi connectivity index (χ1n) is 10.0. The van der Waals surface area contributed by atoms with E-state index in [0.717, 1.165) is 11.1 Å². The van der Waals surface area contributed by atoms with Gasteiger partial charge in [-0.15, -0.1) is 0 Å². The van der Waals surface area contributed by atoms with Gasteiger partial charge in [-0.2, -0.15) is 0 Å². The van der Waals surface area contributed by atoms with Crippen molar-refractivity contribution in [3.05, 3.63) is 72.4 Å². The molecule has 1 amide bonds. The second kappa shape index (κ2) is 10.7. The standard InChI is InChI=1S/C24H37NO3Si/c1-10-20(4)16-22(18-27-29(8,9)24(5,6)7)28-25(23(26)19(2)3)17-21-14-12-11-13-15-21/h10-16,22H,1-2,17-18H2,3-9H3/b20-16-. The van der Waals surface area contributed by atoms with Gasteiger partial charge in [-0.1, -0.05) is 75.9 Å². The number of rotatable bonds is 10. The molecule has 0 radical (unpaired) electrons. The van der Waals surface area contributed by atoms with E-state index in [0.29, 0.717) is 18.7 Å². The first-order valence-corrected chi connectivity index (χ1v) is 12.9. The fourth-order valence-electron chi connectivity index (χ4n) is 2.26. The summed E-state index contributed by atoms with van der Waals surface area (Å²) in [6.45, 7) is 23.0. The highest BCUT2D eigenvalue weighted by molar-refractivity contribution is 6.74. The second-order valence-electron chi connectivity index (χ2n) is 8.94. The Kier molecular flexibility index (Phi) is 9.27. The summed E-state index contributed by atoms with van der Waals surface area (Å²) in [4.78, 5) is 18.9. The molecule has 0 heterocycles. The minimum atomic E-state index is -1.96. The van der Waals surface area contributed by atoms with Gasteiger partial charge in [-0.05, 0) is 43.6 Å². The molecule has 0 bridgehead atoms. The minimum absolute atomic E-state index is 0.0893. The maximum atomic E-state index is 12.7. The number of hydrogen-bond acceptors (Lipinski definition) is 3. The predicted octanol–water partition coefficient (Wildman–Crippen LogP) is 6.05. The van der Waals surface area contributed by atoms with Crippen molar-refractivity contribution < 1.29 is 14.1 Å². The third-order valence-electron chi connectivity index (χ3n) is 5.21. The molecule has 0 saturated carbocycles. The van der Waals surface area contributed by atoms with Crippen LogP contribution < -0.4 is 0 Å². The van der Waals surface area contributed by atoms with Crippen LogP contribution in [0.25, 0.3) is 0 Å². The Morgan fingerprint density at radius 2 is 1.79 bits per heavy atom. The van der Waals surface area contributed by atoms with E-state index >= 15 is 0 Å². The van der Waals surface area contributed by atoms with Gasteiger partial charge in [0.05, 0.1) is 13.2 Å². The maximum absolute atomic E-state index is 12.7. The summed E-state index contributed by atoms with van der Waals surface area (Å²) in [6.07, 6.45) is 3.31. The zero-order valence-electron chi connectivity index (χ0n) is 19.1. The average molecular weight is 416 g/mol. The molecule has 0 saturated heterocycles. The van der Waals surface area contributed by atoms with Crippen molar-refractivity contribution in [2.45, 2.75) is 65.4 Å². The number of hydrogen-bond donors (Lipinski definition) is 0. The summed E-state index contributed by atoms with van der Waals surface area (Å²) in [5.74, 6) is -0.240. The molecule has 1 aromatic rings. The normalized spacial score (nSPS) is 13.7. The van der Waals surface area contributed by atoms with Crippen LogP contribution >= 0.6 is 0 Å². The number of benzene rings is 1. The van der Waals surface area contributed by atoms with Crippen LogP contribution in [-0.2, 0) is 20.6 Å². The summed E-state index contributed by atoms with van der Waals surface area (Å²) in [6, 6.07) is 9.76. The van der Waals surface area contributed by atoms with Crippen LogP contribution in [0, 0.1) is 0 Å². The number of carbonyl (C=O) groups is 1. The molecule has 5 heteroatoms. The van der Waals surface area contributed by atoms with Gasteiger partial charge in [0.2, 0.25) is 0 Å². The van der Waals surface area contributed by atoms with Crippen molar-refractivity contribution >= 4 is 14.2 Å². The van der Waals surface area contributed by atoms with Gasteiger partial charge in [0.15, 0.2) is 8.32 Å². The van der Waals surface area contributed by atoms with Gasteiger partial charge in [-0.3, -0.25) is 9.63 Å². The van der Waals surface area contributed by atoms with Crippen molar-refractivity contribution in [1.29, 1.82) is 0 Å². The number of nitrogens with zero attached hydrogens (tertiary/aromatic N) is 1. The van der Waals surface area contributed by atoms with E-state index in [4.69, 9.17) is 9.26 Å². The summed E-state index contributed by atoms with van der Waals surface area (Å²) >= 11 is 0. The summed E-state index contributed by atoms with van der Waals surface area (Å²) in [5, 5.41) is 1.47. The molecule has 29 heavy (non-hydrogen) atoms. The SMILES string of the molecule is C=C/C(C)=C\C(CO[Si](C)(C)C(C)(C)C)ON(Cc1ccccc1)C(=O)C(=C)C. The highest BCUT2D eigenvalue weighted by Crippen LogP contribution is 2.36. The maximum Gasteiger partial charge on any atom is 0.272 e. The first-order chi connectivity index (χ1) is 13.4. The molecular weight excluding hydrogens is 378 g/mol. The second-order valence-corrected chi connectivity index (χ2v) is 13.7. The van der Waals surface area contributed by atoms with Crippen LogP contribution in [0.15, 0.2) is 66.8 Å². The Morgan fingerprint density at radius 1 is 1.21 bits per heavy atom. The lowest BCUT2D eigenvalue weighted by Crippen LogP contribution is -2.44. The largest absolute Gasteiger partial charge is 0.414 e. The van der Waals surface area contributed by atoms with E-state index in [1.165, 1.54) is 5.06 Å². The molecule has 1 atom stereocenters. The highest BCUT2D eigenvalue weighted by Gasteiger charge is 2.37. The lowest BCUT2D eigenvalue weighted by Gasteiger charge is -2.37. The summed E-state index contributed by atoms with van der Waals surface area (Å²) in [7, 11) is -1.96. The smallest absolute Gasteiger partial charge is 0.272 e. The van der Waals surface area contributed by atoms with Crippen molar-refractivity contribution in [2.24, 2.45) is 0 Å². The van der Waals surface area contributed by atoms with E-state index in [1.807, 2.05) is 43.3 Å². The third-order valence-corrected chi connectivity index (χ3v) is 9.71. The lowest BCUT2D eigenvalue weighted by atomic mass is 10.2. The number of hydroxylamine groups is 2. The van der Waals surface area contributed by atoms with Crippen LogP contribution in [0.4, 0.5) is 0 Å². The molecule has 1 aromatic carbocycles. The number of allylic oxidation sites excluding steroid dienone is 2. The van der Waals surface area contributed by atoms with Gasteiger partial charge in [-0.25, -0.2) is 5.06 Å². The number of carbonyl (C=O) groups excluding carboxylic acids is 1. The van der Waals surface area contributed by atoms with Crippen molar-refractivity contribution in [3.8, 4) is 0 Å². The number of amides is 1. The Morgan fingerprint density at radius 3 is 2.28 bits per heavy atom. The molecule has 4 nitrogen and oxygen atoms in total. The van der Waals surface area contributed by atoms with Crippen LogP contribution in [0.5, 0.6) is 0 Å². The van der Waals surface area contributed by atoms with Gasteiger partial charge in [0.25, 0.3) is 5.91 Å². The van der Waals surface area contributed by atoms with E-state index < -0.39 is 14.4 Å². The van der Waals surface area contributed by atoms with E-state index in [2.05, 4.69) is 47.0 Å². The molecule has 0 spiro atoms. The third kappa shape index (κ3) is 8.13. The predicted molar refractivity (Wildman–Crippen MR) is 124 cm³/mol. The van der Waals surface area contributed by atoms with Crippen LogP contribution in [0.1, 0.15) is 40.2 Å². The molecule has 0 aliphatic rings. The monoisotopic (exact) mass is 415 g/mol. The van der Waals surface area contributed by atoms with Crippen molar-refractivity contribution in [1.82, 2.24) is 5.06 Å². The van der Waals surface area contributed by atoms with Crippen LogP contribution in [0.3, 0.4) is 0 Å². The molecule has 160 valence electrons. The fraction of sp³-hybridized carbons (Fsp3) is 0.458. The molecule has 1 unspecified atom stereocenters. The average Bonchev–Trinajstić information content (AvgIpc) is 2.64. The zero-order valence-corrected chi connectivity index (χ0v) is 20.1. The Hall–Kier alpha value is -1.95. The van der Waals surface area contributed by atoms with Crippen LogP contribution in [-0.4, -0.2) is 32.0 Å². The molecule has 0 aliphatic carbocycles. The zero-order chi connectivity index (χ0) is 22.2. The Labute approximate surface area is 178 Å². The minimum Gasteiger partial charge on any atom is -0.414 e. The van der Waals surface area contributed by atoms with Crippen LogP contribution in [0.2, 0.25) is 18.1 Å². The molecule has 0 aliphatic heterocycles. The van der Waals surface area contributed by atoms with E-state index in [-0.39, 0.29) is 10.9 Å². The quantitative estimate of drug-likeness (QED) is 0.202. The Balaban J connectivity index is 3.08. The van der Waals surface area contributed by atoms with Crippen molar-refractivity contribution in [3.63, 3.8) is 0 Å². The topological polar surface area (TPSA) is 38.8 Å². The highest BCUT2D eigenvalue weighted by atomic mass is 28.4. The van der Waals surface area contributed by atoms with Gasteiger partial charge >= 0.3 is 0 Å². The van der Waals surface area contributed by atoms with Gasteiger partial charge < -0.3 is 4.43 Å². The van der Waals surface area contributed by atoms with Gasteiger partial charge in [0.1, 0.15) is 6.10 Å². The molecular formula is C24H37NO3Si. The summed E-state index contributed by atoms with van der Waals surface area (Å²) < 4.78 is 6.37. The van der Waals surface area contributed by atoms with E-state index in [1.54, 1.807) is 13.0 Å². The van der Waals surface area contributed by atoms with Gasteiger partial charge in [0, 0.05) is 5.57 Å². The Bertz CT molecular complexity index is 732.